The summed E-state index contributed by atoms with van der Waals surface area (Å²) in [6.45, 7) is 3.77. The summed E-state index contributed by atoms with van der Waals surface area (Å²) in [6.07, 6.45) is 2.42. The van der Waals surface area contributed by atoms with Gasteiger partial charge in [-0.15, -0.1) is 10.2 Å². The van der Waals surface area contributed by atoms with E-state index in [1.54, 1.807) is 23.1 Å². The Kier molecular flexibility index (Phi) is 5.72. The molecule has 0 saturated carbocycles. The predicted molar refractivity (Wildman–Crippen MR) is 120 cm³/mol. The van der Waals surface area contributed by atoms with Crippen LogP contribution >= 0.6 is 0 Å². The average Bonchev–Trinajstić information content (AvgIpc) is 3.36. The summed E-state index contributed by atoms with van der Waals surface area (Å²) < 4.78 is 10.9. The third-order valence-electron chi connectivity index (χ3n) is 5.95. The molecule has 2 aliphatic rings. The first-order chi connectivity index (χ1) is 15.7. The van der Waals surface area contributed by atoms with Crippen LogP contribution in [0.2, 0.25) is 0 Å². The number of aromatic nitrogens is 2. The van der Waals surface area contributed by atoms with E-state index in [1.165, 1.54) is 0 Å². The number of carbonyl (C=O) groups excluding carboxylic acids is 1. The molecule has 9 nitrogen and oxygen atoms in total. The van der Waals surface area contributed by atoms with Gasteiger partial charge in [-0.3, -0.25) is 4.79 Å². The number of carbonyl (C=O) groups is 1. The van der Waals surface area contributed by atoms with Crippen LogP contribution in [-0.2, 0) is 4.74 Å². The van der Waals surface area contributed by atoms with E-state index in [4.69, 9.17) is 9.15 Å². The molecule has 166 valence electrons. The lowest BCUT2D eigenvalue weighted by Crippen LogP contribution is -2.49. The minimum absolute atomic E-state index is 0.0682. The van der Waals surface area contributed by atoms with E-state index in [0.29, 0.717) is 31.8 Å². The number of amides is 1. The van der Waals surface area contributed by atoms with Crippen molar-refractivity contribution in [2.45, 2.75) is 18.9 Å². The lowest BCUT2D eigenvalue weighted by molar-refractivity contribution is 0.0742. The highest BCUT2D eigenvalue weighted by molar-refractivity contribution is 5.96. The molecule has 2 aromatic heterocycles. The number of para-hydroxylation sites is 1. The van der Waals surface area contributed by atoms with Crippen LogP contribution in [0.3, 0.4) is 0 Å². The lowest BCUT2D eigenvalue weighted by Gasteiger charge is -2.35. The van der Waals surface area contributed by atoms with Gasteiger partial charge >= 0.3 is 5.63 Å². The minimum Gasteiger partial charge on any atom is -0.422 e. The fourth-order valence-electron chi connectivity index (χ4n) is 4.13. The van der Waals surface area contributed by atoms with Crippen molar-refractivity contribution in [2.24, 2.45) is 0 Å². The predicted octanol–water partition coefficient (Wildman–Crippen LogP) is 2.14. The molecule has 3 aromatic rings. The molecule has 1 atom stereocenters. The van der Waals surface area contributed by atoms with Crippen LogP contribution in [0.5, 0.6) is 0 Å². The summed E-state index contributed by atoms with van der Waals surface area (Å²) in [5.41, 5.74) is -0.0575. The Balaban J connectivity index is 1.19. The van der Waals surface area contributed by atoms with Crippen molar-refractivity contribution in [3.8, 4) is 0 Å². The Morgan fingerprint density at radius 1 is 1.09 bits per heavy atom. The standard InChI is InChI=1S/C23H25N5O4/c29-22(18-14-16-4-1-2-6-19(16)32-23(18)30)28-11-9-27(10-12-28)21-8-7-20(25-26-21)24-15-17-5-3-13-31-17/h1-2,4,6-8,14,17H,3,5,9-13,15H2,(H,24,25). The van der Waals surface area contributed by atoms with E-state index < -0.39 is 5.63 Å². The summed E-state index contributed by atoms with van der Waals surface area (Å²) in [7, 11) is 0. The summed E-state index contributed by atoms with van der Waals surface area (Å²) in [4.78, 5) is 29.0. The zero-order valence-electron chi connectivity index (χ0n) is 17.7. The van der Waals surface area contributed by atoms with Gasteiger partial charge in [-0.2, -0.15) is 0 Å². The fraction of sp³-hybridized carbons (Fsp3) is 0.391. The molecule has 5 rings (SSSR count). The van der Waals surface area contributed by atoms with Gasteiger partial charge in [0.25, 0.3) is 5.91 Å². The number of nitrogens with zero attached hydrogens (tertiary/aromatic N) is 4. The van der Waals surface area contributed by atoms with E-state index in [0.717, 1.165) is 43.0 Å². The molecule has 2 aliphatic heterocycles. The highest BCUT2D eigenvalue weighted by Gasteiger charge is 2.25. The third-order valence-corrected chi connectivity index (χ3v) is 5.95. The summed E-state index contributed by atoms with van der Waals surface area (Å²) in [5, 5.41) is 12.6. The molecule has 4 heterocycles. The van der Waals surface area contributed by atoms with Crippen LogP contribution in [0.1, 0.15) is 23.2 Å². The largest absolute Gasteiger partial charge is 0.422 e. The maximum absolute atomic E-state index is 12.9. The molecule has 0 aliphatic carbocycles. The second kappa shape index (κ2) is 8.96. The number of benzene rings is 1. The van der Waals surface area contributed by atoms with Crippen LogP contribution in [0, 0.1) is 0 Å². The zero-order valence-corrected chi connectivity index (χ0v) is 17.7. The number of ether oxygens (including phenoxy) is 1. The summed E-state index contributed by atoms with van der Waals surface area (Å²) in [5.74, 6) is 1.19. The summed E-state index contributed by atoms with van der Waals surface area (Å²) >= 11 is 0. The smallest absolute Gasteiger partial charge is 0.349 e. The Hall–Kier alpha value is -3.46. The molecule has 1 N–H and O–H groups in total. The van der Waals surface area contributed by atoms with Gasteiger partial charge in [-0.25, -0.2) is 4.79 Å². The van der Waals surface area contributed by atoms with Gasteiger partial charge in [-0.05, 0) is 37.1 Å². The number of hydrogen-bond donors (Lipinski definition) is 1. The summed E-state index contributed by atoms with van der Waals surface area (Å²) in [6, 6.07) is 12.6. The second-order valence-electron chi connectivity index (χ2n) is 8.06. The van der Waals surface area contributed by atoms with Gasteiger partial charge in [0, 0.05) is 44.7 Å². The van der Waals surface area contributed by atoms with Crippen LogP contribution in [-0.4, -0.2) is 66.4 Å². The van der Waals surface area contributed by atoms with E-state index in [1.807, 2.05) is 24.3 Å². The highest BCUT2D eigenvalue weighted by Crippen LogP contribution is 2.18. The van der Waals surface area contributed by atoms with Crippen LogP contribution in [0.15, 0.2) is 51.7 Å². The van der Waals surface area contributed by atoms with Gasteiger partial charge in [0.2, 0.25) is 0 Å². The van der Waals surface area contributed by atoms with Crippen LogP contribution < -0.4 is 15.8 Å². The molecular weight excluding hydrogens is 410 g/mol. The molecule has 2 saturated heterocycles. The molecule has 9 heteroatoms. The molecule has 2 fully saturated rings. The zero-order chi connectivity index (χ0) is 21.9. The Labute approximate surface area is 185 Å². The first-order valence-electron chi connectivity index (χ1n) is 10.9. The Morgan fingerprint density at radius 2 is 1.94 bits per heavy atom. The monoisotopic (exact) mass is 435 g/mol. The van der Waals surface area contributed by atoms with Crippen LogP contribution in [0.4, 0.5) is 11.6 Å². The number of rotatable bonds is 5. The molecule has 1 aromatic carbocycles. The first-order valence-corrected chi connectivity index (χ1v) is 10.9. The molecule has 0 spiro atoms. The normalized spacial score (nSPS) is 18.8. The maximum Gasteiger partial charge on any atom is 0.349 e. The van der Waals surface area contributed by atoms with Crippen molar-refractivity contribution in [1.29, 1.82) is 0 Å². The maximum atomic E-state index is 12.9. The fourth-order valence-corrected chi connectivity index (χ4v) is 4.13. The van der Waals surface area contributed by atoms with Crippen molar-refractivity contribution in [3.63, 3.8) is 0 Å². The number of anilines is 2. The van der Waals surface area contributed by atoms with E-state index in [-0.39, 0.29) is 17.6 Å². The highest BCUT2D eigenvalue weighted by atomic mass is 16.5. The number of nitrogens with one attached hydrogen (secondary N) is 1. The van der Waals surface area contributed by atoms with Crippen molar-refractivity contribution >= 4 is 28.5 Å². The Bertz CT molecular complexity index is 1150. The number of piperazine rings is 1. The van der Waals surface area contributed by atoms with Crippen molar-refractivity contribution < 1.29 is 13.9 Å². The molecule has 0 bridgehead atoms. The van der Waals surface area contributed by atoms with E-state index in [9.17, 15) is 9.59 Å². The van der Waals surface area contributed by atoms with Gasteiger partial charge < -0.3 is 24.3 Å². The van der Waals surface area contributed by atoms with Gasteiger partial charge in [0.05, 0.1) is 6.10 Å². The molecule has 32 heavy (non-hydrogen) atoms. The van der Waals surface area contributed by atoms with Crippen molar-refractivity contribution in [2.75, 3.05) is 49.5 Å². The first kappa shape index (κ1) is 20.4. The molecule has 1 unspecified atom stereocenters. The lowest BCUT2D eigenvalue weighted by atomic mass is 10.1. The molecule has 0 radical (unpaired) electrons. The average molecular weight is 435 g/mol. The van der Waals surface area contributed by atoms with E-state index >= 15 is 0 Å². The van der Waals surface area contributed by atoms with E-state index in [2.05, 4.69) is 20.4 Å². The molecule has 1 amide bonds. The van der Waals surface area contributed by atoms with Crippen LogP contribution in [0.25, 0.3) is 11.0 Å². The number of fused-ring (bicyclic) bond motifs is 1. The van der Waals surface area contributed by atoms with Crippen molar-refractivity contribution in [3.05, 3.63) is 58.4 Å². The van der Waals surface area contributed by atoms with Gasteiger partial charge in [0.15, 0.2) is 5.82 Å². The Morgan fingerprint density at radius 3 is 2.69 bits per heavy atom. The quantitative estimate of drug-likeness (QED) is 0.609. The number of hydrogen-bond acceptors (Lipinski definition) is 8. The SMILES string of the molecule is O=C(c1cc2ccccc2oc1=O)N1CCN(c2ccc(NCC3CCCO3)nn2)CC1. The second-order valence-corrected chi connectivity index (χ2v) is 8.06. The van der Waals surface area contributed by atoms with Gasteiger partial charge in [-0.1, -0.05) is 18.2 Å². The third kappa shape index (κ3) is 4.29. The van der Waals surface area contributed by atoms with Crippen molar-refractivity contribution in [1.82, 2.24) is 15.1 Å². The minimum atomic E-state index is -0.604. The van der Waals surface area contributed by atoms with Gasteiger partial charge in [0.1, 0.15) is 17.0 Å². The molecular formula is C23H25N5O4. The topological polar surface area (TPSA) is 101 Å².